The van der Waals surface area contributed by atoms with Crippen molar-refractivity contribution in [2.45, 2.75) is 44.9 Å². The van der Waals surface area contributed by atoms with Crippen molar-refractivity contribution < 1.29 is 33.6 Å². The van der Waals surface area contributed by atoms with Crippen molar-refractivity contribution in [2.24, 2.45) is 0 Å². The van der Waals surface area contributed by atoms with E-state index in [0.717, 1.165) is 11.3 Å². The van der Waals surface area contributed by atoms with Crippen molar-refractivity contribution in [1.29, 1.82) is 0 Å². The molecule has 2 aromatic carbocycles. The van der Waals surface area contributed by atoms with Crippen LogP contribution in [0.1, 0.15) is 56.1 Å². The largest absolute Gasteiger partial charge is 0.504 e. The van der Waals surface area contributed by atoms with Crippen LogP contribution in [-0.2, 0) is 14.3 Å². The first-order chi connectivity index (χ1) is 17.8. The first kappa shape index (κ1) is 26.1. The third kappa shape index (κ3) is 5.01. The number of rotatable bonds is 8. The summed E-state index contributed by atoms with van der Waals surface area (Å²) < 4.78 is 21.5. The molecular formula is C29H33NO7. The number of ketones is 1. The molecule has 2 atom stereocenters. The second kappa shape index (κ2) is 11.0. The number of carbonyl (C=O) groups is 2. The summed E-state index contributed by atoms with van der Waals surface area (Å²) in [5.74, 6) is 0.180. The highest BCUT2D eigenvalue weighted by atomic mass is 16.5. The Morgan fingerprint density at radius 1 is 0.973 bits per heavy atom. The number of hydrogen-bond donors (Lipinski definition) is 2. The second-order valence-corrected chi connectivity index (χ2v) is 9.20. The molecule has 0 saturated carbocycles. The van der Waals surface area contributed by atoms with Crippen LogP contribution >= 0.6 is 0 Å². The number of carbonyl (C=O) groups excluding carboxylic acids is 2. The summed E-state index contributed by atoms with van der Waals surface area (Å²) in [5, 5.41) is 13.8. The van der Waals surface area contributed by atoms with Gasteiger partial charge in [-0.1, -0.05) is 19.1 Å². The van der Waals surface area contributed by atoms with E-state index in [1.807, 2.05) is 32.0 Å². The van der Waals surface area contributed by atoms with Gasteiger partial charge in [-0.2, -0.15) is 0 Å². The number of benzene rings is 2. The predicted octanol–water partition coefficient (Wildman–Crippen LogP) is 4.73. The van der Waals surface area contributed by atoms with Gasteiger partial charge in [-0.05, 0) is 61.1 Å². The molecule has 1 heterocycles. The zero-order valence-electron chi connectivity index (χ0n) is 21.8. The summed E-state index contributed by atoms with van der Waals surface area (Å²) in [6.45, 7) is 4.01. The molecule has 0 fully saturated rings. The number of allylic oxidation sites excluding steroid dienone is 3. The minimum absolute atomic E-state index is 0.0638. The van der Waals surface area contributed by atoms with Crippen molar-refractivity contribution in [2.75, 3.05) is 27.9 Å². The lowest BCUT2D eigenvalue weighted by molar-refractivity contribution is -0.139. The van der Waals surface area contributed by atoms with Gasteiger partial charge in [0.25, 0.3) is 0 Å². The molecule has 0 spiro atoms. The number of esters is 1. The first-order valence-corrected chi connectivity index (χ1v) is 12.3. The maximum atomic E-state index is 13.8. The zero-order chi connectivity index (χ0) is 26.7. The standard InChI is InChI=1S/C29H33NO7/c1-6-11-37-29(33)26-16(2)30-20-12-19(17-7-10-24(35-4)25(15-17)36-5)14-22(32)28(20)27(26)18-8-9-23(34-3)21(31)13-18/h7-10,13,15,19,27,30-31H,6,11-12,14H2,1-5H3/t19-,27+/m1/s1. The highest BCUT2D eigenvalue weighted by Crippen LogP contribution is 2.47. The molecule has 0 bridgehead atoms. The van der Waals surface area contributed by atoms with E-state index < -0.39 is 11.9 Å². The normalized spacial score (nSPS) is 19.2. The summed E-state index contributed by atoms with van der Waals surface area (Å²) in [6.07, 6.45) is 1.52. The van der Waals surface area contributed by atoms with Crippen LogP contribution in [0.3, 0.4) is 0 Å². The average molecular weight is 508 g/mol. The van der Waals surface area contributed by atoms with Crippen LogP contribution in [0, 0.1) is 0 Å². The van der Waals surface area contributed by atoms with Gasteiger partial charge in [0.15, 0.2) is 28.8 Å². The van der Waals surface area contributed by atoms with E-state index in [1.165, 1.54) is 7.11 Å². The zero-order valence-corrected chi connectivity index (χ0v) is 21.8. The van der Waals surface area contributed by atoms with Crippen molar-refractivity contribution in [3.63, 3.8) is 0 Å². The number of Topliss-reactive ketones (excluding diaryl/α,β-unsaturated/α-hetero) is 1. The molecule has 0 radical (unpaired) electrons. The van der Waals surface area contributed by atoms with E-state index in [0.29, 0.717) is 52.5 Å². The SMILES string of the molecule is CCCOC(=O)C1=C(C)NC2=C(C(=O)C[C@H](c3ccc(OC)c(OC)c3)C2)[C@H]1c1ccc(OC)c(O)c1. The Morgan fingerprint density at radius 3 is 2.30 bits per heavy atom. The highest BCUT2D eigenvalue weighted by molar-refractivity contribution is 6.04. The number of nitrogens with one attached hydrogen (secondary N) is 1. The summed E-state index contributed by atoms with van der Waals surface area (Å²) in [7, 11) is 4.63. The molecule has 0 unspecified atom stereocenters. The molecule has 196 valence electrons. The fourth-order valence-corrected chi connectivity index (χ4v) is 5.14. The Bertz CT molecular complexity index is 1280. The minimum atomic E-state index is -0.670. The van der Waals surface area contributed by atoms with Crippen LogP contribution in [0.4, 0.5) is 0 Å². The summed E-state index contributed by atoms with van der Waals surface area (Å²) in [6, 6.07) is 10.6. The molecule has 4 rings (SSSR count). The predicted molar refractivity (Wildman–Crippen MR) is 138 cm³/mol. The molecule has 2 N–H and O–H groups in total. The van der Waals surface area contributed by atoms with Crippen LogP contribution in [-0.4, -0.2) is 44.8 Å². The van der Waals surface area contributed by atoms with Gasteiger partial charge in [-0.3, -0.25) is 4.79 Å². The Morgan fingerprint density at radius 2 is 1.65 bits per heavy atom. The van der Waals surface area contributed by atoms with Gasteiger partial charge in [0, 0.05) is 29.3 Å². The summed E-state index contributed by atoms with van der Waals surface area (Å²) in [5.41, 5.74) is 3.87. The number of dihydropyridines is 1. The quantitative estimate of drug-likeness (QED) is 0.494. The summed E-state index contributed by atoms with van der Waals surface area (Å²) in [4.78, 5) is 26.9. The number of phenols is 1. The van der Waals surface area contributed by atoms with Crippen LogP contribution in [0.2, 0.25) is 0 Å². The number of hydrogen-bond acceptors (Lipinski definition) is 8. The monoisotopic (exact) mass is 507 g/mol. The van der Waals surface area contributed by atoms with Gasteiger partial charge in [-0.25, -0.2) is 4.79 Å². The van der Waals surface area contributed by atoms with E-state index >= 15 is 0 Å². The lowest BCUT2D eigenvalue weighted by atomic mass is 9.71. The van der Waals surface area contributed by atoms with Crippen LogP contribution in [0.25, 0.3) is 0 Å². The van der Waals surface area contributed by atoms with E-state index in [1.54, 1.807) is 32.4 Å². The van der Waals surface area contributed by atoms with Crippen molar-refractivity contribution in [3.8, 4) is 23.0 Å². The van der Waals surface area contributed by atoms with E-state index in [2.05, 4.69) is 5.32 Å². The fourth-order valence-electron chi connectivity index (χ4n) is 5.14. The first-order valence-electron chi connectivity index (χ1n) is 12.3. The molecule has 0 aromatic heterocycles. The molecule has 1 aliphatic heterocycles. The molecule has 0 saturated heterocycles. The lowest BCUT2D eigenvalue weighted by Crippen LogP contribution is -2.36. The molecule has 2 aromatic rings. The number of phenolic OH excluding ortho intramolecular Hbond substituents is 1. The lowest BCUT2D eigenvalue weighted by Gasteiger charge is -2.37. The van der Waals surface area contributed by atoms with E-state index in [4.69, 9.17) is 18.9 Å². The van der Waals surface area contributed by atoms with Gasteiger partial charge in [-0.15, -0.1) is 0 Å². The molecule has 8 nitrogen and oxygen atoms in total. The Kier molecular flexibility index (Phi) is 7.76. The van der Waals surface area contributed by atoms with Crippen LogP contribution in [0.5, 0.6) is 23.0 Å². The smallest absolute Gasteiger partial charge is 0.336 e. The van der Waals surface area contributed by atoms with Gasteiger partial charge in [0.1, 0.15) is 0 Å². The van der Waals surface area contributed by atoms with Crippen molar-refractivity contribution >= 4 is 11.8 Å². The second-order valence-electron chi connectivity index (χ2n) is 9.20. The molecule has 2 aliphatic rings. The van der Waals surface area contributed by atoms with Crippen molar-refractivity contribution in [3.05, 3.63) is 70.1 Å². The Labute approximate surface area is 216 Å². The third-order valence-electron chi connectivity index (χ3n) is 6.90. The number of ether oxygens (including phenoxy) is 4. The molecular weight excluding hydrogens is 474 g/mol. The van der Waals surface area contributed by atoms with Crippen molar-refractivity contribution in [1.82, 2.24) is 5.32 Å². The molecule has 1 aliphatic carbocycles. The van der Waals surface area contributed by atoms with Crippen LogP contribution in [0.15, 0.2) is 58.9 Å². The minimum Gasteiger partial charge on any atom is -0.504 e. The molecule has 8 heteroatoms. The van der Waals surface area contributed by atoms with Gasteiger partial charge < -0.3 is 29.4 Å². The van der Waals surface area contributed by atoms with E-state index in [9.17, 15) is 14.7 Å². The average Bonchev–Trinajstić information content (AvgIpc) is 2.90. The maximum Gasteiger partial charge on any atom is 0.336 e. The topological polar surface area (TPSA) is 103 Å². The van der Waals surface area contributed by atoms with Crippen LogP contribution < -0.4 is 19.5 Å². The Hall–Kier alpha value is -3.94. The maximum absolute atomic E-state index is 13.8. The number of methoxy groups -OCH3 is 3. The molecule has 37 heavy (non-hydrogen) atoms. The van der Waals surface area contributed by atoms with Gasteiger partial charge >= 0.3 is 5.97 Å². The summed E-state index contributed by atoms with van der Waals surface area (Å²) >= 11 is 0. The van der Waals surface area contributed by atoms with Gasteiger partial charge in [0.05, 0.1) is 33.5 Å². The Balaban J connectivity index is 1.78. The molecule has 0 amide bonds. The van der Waals surface area contributed by atoms with Gasteiger partial charge in [0.2, 0.25) is 0 Å². The van der Waals surface area contributed by atoms with E-state index in [-0.39, 0.29) is 30.5 Å². The number of aromatic hydroxyl groups is 1. The fraction of sp³-hybridized carbons (Fsp3) is 0.379. The highest BCUT2D eigenvalue weighted by Gasteiger charge is 2.41. The third-order valence-corrected chi connectivity index (χ3v) is 6.90.